The number of hydrogen-bond acceptors (Lipinski definition) is 14. The highest BCUT2D eigenvalue weighted by atomic mass is 19.4. The zero-order valence-electron chi connectivity index (χ0n) is 48.3. The minimum atomic E-state index is -4.80. The van der Waals surface area contributed by atoms with Crippen LogP contribution < -0.4 is 36.1 Å². The molecule has 6 N–H and O–H groups in total. The third-order valence-electron chi connectivity index (χ3n) is 16.3. The molecule has 17 nitrogen and oxygen atoms in total. The van der Waals surface area contributed by atoms with Crippen LogP contribution in [-0.4, -0.2) is 105 Å². The van der Waals surface area contributed by atoms with Crippen LogP contribution in [0.3, 0.4) is 0 Å². The van der Waals surface area contributed by atoms with E-state index in [1.54, 1.807) is 23.0 Å². The molecule has 1 saturated carbocycles. The molecule has 85 heavy (non-hydrogen) atoms. The number of aliphatic hydroxyl groups is 1. The van der Waals surface area contributed by atoms with E-state index in [2.05, 4.69) is 36.1 Å². The number of nitrogens with zero attached hydrogens (tertiary/aromatic N) is 7. The van der Waals surface area contributed by atoms with Gasteiger partial charge in [-0.25, -0.2) is 18.4 Å². The summed E-state index contributed by atoms with van der Waals surface area (Å²) in [5, 5.41) is 29.5. The number of nitrogen functional groups attached to an aromatic ring is 1. The number of nitrogens with one attached hydrogen (secondary N) is 3. The van der Waals surface area contributed by atoms with Gasteiger partial charge in [0.25, 0.3) is 0 Å². The van der Waals surface area contributed by atoms with Crippen LogP contribution in [-0.2, 0) is 27.1 Å². The number of aryl methyl sites for hydroxylation is 1. The van der Waals surface area contributed by atoms with Crippen LogP contribution in [0.1, 0.15) is 118 Å². The molecule has 1 aliphatic carbocycles. The van der Waals surface area contributed by atoms with Gasteiger partial charge >= 0.3 is 12.2 Å². The van der Waals surface area contributed by atoms with Gasteiger partial charge in [0, 0.05) is 61.1 Å². The molecule has 7 aromatic rings. The summed E-state index contributed by atoms with van der Waals surface area (Å²) in [5.74, 6) is -2.14. The maximum atomic E-state index is 15.4. The molecule has 2 bridgehead atoms. The summed E-state index contributed by atoms with van der Waals surface area (Å²) in [6.45, 7) is 11.5. The average molecular weight is 1170 g/mol. The lowest BCUT2D eigenvalue weighted by molar-refractivity contribution is -0.137. The van der Waals surface area contributed by atoms with Crippen molar-refractivity contribution in [3.63, 3.8) is 0 Å². The largest absolute Gasteiger partial charge is 0.486 e. The zero-order chi connectivity index (χ0) is 60.1. The molecule has 3 aromatic heterocycles. The van der Waals surface area contributed by atoms with Crippen molar-refractivity contribution in [3.8, 4) is 45.4 Å². The maximum absolute atomic E-state index is 15.4. The maximum Gasteiger partial charge on any atom is 0.418 e. The molecule has 3 saturated heterocycles. The summed E-state index contributed by atoms with van der Waals surface area (Å²) in [6, 6.07) is 19.5. The lowest BCUT2D eigenvalue weighted by Gasteiger charge is -2.31. The highest BCUT2D eigenvalue weighted by Crippen LogP contribution is 2.54. The van der Waals surface area contributed by atoms with E-state index in [9.17, 15) is 23.5 Å². The number of rotatable bonds is 22. The van der Waals surface area contributed by atoms with E-state index >= 15 is 13.2 Å². The summed E-state index contributed by atoms with van der Waals surface area (Å²) < 4.78 is 96.1. The normalized spacial score (nSPS) is 18.0. The standard InChI is InChI=1S/C61H66F5N11O6.C2H6/c1-33(2)56(43(6-5-21-68-32-79)59(80)70-49(30-78)38-15-17-39(18-16-38)51-46(62)7-4-8-47(51)63)77-29-48(74-75-77)37-11-9-35(10-12-37)31-82-57-52(55-53(61(64,65)66)34(3)24-50(67)71-55)44(36-13-14-36)26-45-54(57)72-60(83-42-19-22-81-23-20-42)73-58(45)76-28-40-25-41(76)27-69-40;1-2/h4,7-12,15-18,24,26,29,32-33,36,40-43,49,56,69,78H,5-6,13-14,19-23,25,27-28,30-31H2,1-3H3,(H2,67,71)(H,68,79)(H,70,80);1-2H3. The second-order valence-electron chi connectivity index (χ2n) is 22.4. The van der Waals surface area contributed by atoms with E-state index in [1.165, 1.54) is 43.3 Å². The topological polar surface area (TPSA) is 217 Å². The van der Waals surface area contributed by atoms with Gasteiger partial charge in [-0.1, -0.05) is 87.5 Å². The Morgan fingerprint density at radius 3 is 2.31 bits per heavy atom. The van der Waals surface area contributed by atoms with Crippen LogP contribution >= 0.6 is 0 Å². The van der Waals surface area contributed by atoms with Crippen LogP contribution in [0.15, 0.2) is 85.1 Å². The molecule has 4 fully saturated rings. The summed E-state index contributed by atoms with van der Waals surface area (Å²) in [6.07, 6.45) is 1.72. The van der Waals surface area contributed by atoms with Crippen LogP contribution in [0.25, 0.3) is 44.5 Å². The SMILES string of the molecule is CC.Cc1cc(N)nc(-c2c(C3CC3)cc3c(N4CC5CC4CN5)nc(OC4CCOCC4)nc3c2OCc2ccc(-c3cn(C(C(C)C)C(CCCNC=O)C(=O)NC(CO)c4ccc(-c5c(F)cccc5F)cc4)nn3)cc2)c1C(F)(F)F. The number of carbonyl (C=O) groups excluding carboxylic acids is 2. The van der Waals surface area contributed by atoms with Crippen LogP contribution in [0.4, 0.5) is 33.6 Å². The smallest absolute Gasteiger partial charge is 0.418 e. The minimum Gasteiger partial charge on any atom is -0.486 e. The summed E-state index contributed by atoms with van der Waals surface area (Å²) >= 11 is 0. The highest BCUT2D eigenvalue weighted by molar-refractivity contribution is 6.01. The Hall–Kier alpha value is -7.82. The van der Waals surface area contributed by atoms with Gasteiger partial charge < -0.3 is 45.9 Å². The third kappa shape index (κ3) is 13.2. The van der Waals surface area contributed by atoms with E-state index in [1.807, 2.05) is 58.0 Å². The number of carbonyl (C=O) groups is 2. The van der Waals surface area contributed by atoms with Crippen molar-refractivity contribution < 1.29 is 50.9 Å². The molecule has 0 spiro atoms. The van der Waals surface area contributed by atoms with Crippen molar-refractivity contribution in [2.24, 2.45) is 11.8 Å². The number of nitrogens with two attached hydrogens (primary N) is 1. The van der Waals surface area contributed by atoms with Crippen molar-refractivity contribution in [2.45, 2.75) is 129 Å². The van der Waals surface area contributed by atoms with Crippen molar-refractivity contribution in [1.29, 1.82) is 0 Å². The lowest BCUT2D eigenvalue weighted by Crippen LogP contribution is -2.44. The fraction of sp³-hybridized carbons (Fsp3) is 0.444. The quantitative estimate of drug-likeness (QED) is 0.0242. The van der Waals surface area contributed by atoms with Crippen LogP contribution in [0.5, 0.6) is 11.8 Å². The van der Waals surface area contributed by atoms with Crippen LogP contribution in [0.2, 0.25) is 0 Å². The molecule has 22 heteroatoms. The van der Waals surface area contributed by atoms with E-state index in [0.717, 1.165) is 25.8 Å². The highest BCUT2D eigenvalue weighted by Gasteiger charge is 2.43. The van der Waals surface area contributed by atoms with Gasteiger partial charge in [0.2, 0.25) is 12.3 Å². The first-order valence-electron chi connectivity index (χ1n) is 29.3. The number of aromatic nitrogens is 6. The van der Waals surface area contributed by atoms with Crippen molar-refractivity contribution in [2.75, 3.05) is 50.1 Å². The Bertz CT molecular complexity index is 3460. The number of pyridine rings is 1. The molecule has 3 aliphatic heterocycles. The van der Waals surface area contributed by atoms with Gasteiger partial charge in [-0.05, 0) is 103 Å². The Balaban J connectivity index is 0.00000397. The number of alkyl halides is 3. The Kier molecular flexibility index (Phi) is 18.6. The van der Waals surface area contributed by atoms with Crippen LogP contribution in [0, 0.1) is 30.4 Å². The Morgan fingerprint density at radius 1 is 0.953 bits per heavy atom. The molecule has 5 unspecified atom stereocenters. The number of amides is 2. The molecule has 4 aromatic carbocycles. The second-order valence-corrected chi connectivity index (χ2v) is 22.4. The summed E-state index contributed by atoms with van der Waals surface area (Å²) in [4.78, 5) is 42.5. The van der Waals surface area contributed by atoms with E-state index in [-0.39, 0.29) is 82.5 Å². The minimum absolute atomic E-state index is 0.0685. The first kappa shape index (κ1) is 60.3. The Labute approximate surface area is 490 Å². The Morgan fingerprint density at radius 2 is 1.67 bits per heavy atom. The molecule has 11 rings (SSSR count). The predicted molar refractivity (Wildman–Crippen MR) is 312 cm³/mol. The molecule has 2 amide bonds. The van der Waals surface area contributed by atoms with Crippen molar-refractivity contribution in [1.82, 2.24) is 45.9 Å². The average Bonchev–Trinajstić information content (AvgIpc) is 1.84. The van der Waals surface area contributed by atoms with Gasteiger partial charge in [-0.15, -0.1) is 5.10 Å². The number of piperazine rings is 1. The number of ether oxygens (including phenoxy) is 3. The van der Waals surface area contributed by atoms with Gasteiger partial charge in [0.15, 0.2) is 5.75 Å². The van der Waals surface area contributed by atoms with E-state index in [0.29, 0.717) is 109 Å². The first-order valence-corrected chi connectivity index (χ1v) is 29.3. The molecule has 6 heterocycles. The van der Waals surface area contributed by atoms with Gasteiger partial charge in [0.05, 0.1) is 60.8 Å². The lowest BCUT2D eigenvalue weighted by atomic mass is 9.85. The molecular weight excluding hydrogens is 1100 g/mol. The first-order chi connectivity index (χ1) is 41.1. The fourth-order valence-corrected chi connectivity index (χ4v) is 12.1. The van der Waals surface area contributed by atoms with Crippen molar-refractivity contribution >= 4 is 34.9 Å². The number of hydrogen-bond donors (Lipinski definition) is 5. The molecule has 4 aliphatic rings. The molecular formula is C63H72F5N11O6. The number of anilines is 2. The van der Waals surface area contributed by atoms with Gasteiger partial charge in [-0.2, -0.15) is 23.1 Å². The zero-order valence-corrected chi connectivity index (χ0v) is 48.3. The number of fused-ring (bicyclic) bond motifs is 3. The molecule has 5 atom stereocenters. The molecule has 0 radical (unpaired) electrons. The molecule has 450 valence electrons. The summed E-state index contributed by atoms with van der Waals surface area (Å²) in [5.41, 5.74) is 8.57. The fourth-order valence-electron chi connectivity index (χ4n) is 12.1. The number of aliphatic hydroxyl groups excluding tert-OH is 1. The number of benzene rings is 4. The number of halogens is 5. The predicted octanol–water partition coefficient (Wildman–Crippen LogP) is 10.6. The second kappa shape index (κ2) is 26.2. The monoisotopic (exact) mass is 1170 g/mol. The van der Waals surface area contributed by atoms with Gasteiger partial charge in [0.1, 0.15) is 47.2 Å². The van der Waals surface area contributed by atoms with E-state index < -0.39 is 48.0 Å². The third-order valence-corrected chi connectivity index (χ3v) is 16.3. The van der Waals surface area contributed by atoms with E-state index in [4.69, 9.17) is 29.9 Å². The van der Waals surface area contributed by atoms with Crippen molar-refractivity contribution in [3.05, 3.63) is 125 Å². The van der Waals surface area contributed by atoms with Gasteiger partial charge in [-0.3, -0.25) is 9.59 Å². The summed E-state index contributed by atoms with van der Waals surface area (Å²) in [7, 11) is 0.